The maximum absolute atomic E-state index is 12.5. The van der Waals surface area contributed by atoms with Crippen LogP contribution in [0.4, 0.5) is 17.5 Å². The van der Waals surface area contributed by atoms with Gasteiger partial charge in [-0.3, -0.25) is 4.79 Å². The summed E-state index contributed by atoms with van der Waals surface area (Å²) in [5, 5.41) is 6.97. The van der Waals surface area contributed by atoms with Gasteiger partial charge in [0.2, 0.25) is 11.9 Å². The molecule has 4 rings (SSSR count). The highest BCUT2D eigenvalue weighted by Crippen LogP contribution is 2.26. The van der Waals surface area contributed by atoms with Crippen LogP contribution in [0.5, 0.6) is 0 Å². The molecule has 1 saturated heterocycles. The van der Waals surface area contributed by atoms with Gasteiger partial charge in [0.05, 0.1) is 10.7 Å². The third-order valence-electron chi connectivity index (χ3n) is 5.48. The second kappa shape index (κ2) is 10.3. The fourth-order valence-electron chi connectivity index (χ4n) is 3.73. The monoisotopic (exact) mass is 435 g/mol. The lowest BCUT2D eigenvalue weighted by atomic mass is 9.96. The first-order valence-electron chi connectivity index (χ1n) is 10.6. The van der Waals surface area contributed by atoms with Crippen molar-refractivity contribution in [3.8, 4) is 0 Å². The molecule has 0 unspecified atom stereocenters. The average molecular weight is 436 g/mol. The number of hydrogen-bond acceptors (Lipinski definition) is 5. The van der Waals surface area contributed by atoms with Crippen LogP contribution >= 0.6 is 11.6 Å². The van der Waals surface area contributed by atoms with Gasteiger partial charge in [0.25, 0.3) is 0 Å². The Labute approximate surface area is 187 Å². The zero-order valence-electron chi connectivity index (χ0n) is 17.3. The van der Waals surface area contributed by atoms with Gasteiger partial charge in [0.1, 0.15) is 5.82 Å². The van der Waals surface area contributed by atoms with E-state index in [0.29, 0.717) is 23.3 Å². The number of carbonyl (C=O) groups is 1. The third kappa shape index (κ3) is 5.73. The van der Waals surface area contributed by atoms with E-state index in [1.165, 1.54) is 5.56 Å². The molecule has 2 aromatic carbocycles. The normalized spacial score (nSPS) is 14.3. The van der Waals surface area contributed by atoms with Crippen molar-refractivity contribution >= 4 is 35.0 Å². The molecule has 2 heterocycles. The van der Waals surface area contributed by atoms with Crippen LogP contribution in [0.1, 0.15) is 18.4 Å². The lowest BCUT2D eigenvalue weighted by Gasteiger charge is -2.31. The molecule has 1 fully saturated rings. The Bertz CT molecular complexity index is 1010. The summed E-state index contributed by atoms with van der Waals surface area (Å²) in [5.74, 6) is 1.54. The molecule has 1 aliphatic heterocycles. The topological polar surface area (TPSA) is 70.2 Å². The predicted molar refractivity (Wildman–Crippen MR) is 125 cm³/mol. The molecular formula is C24H26ClN5O. The first-order chi connectivity index (χ1) is 15.2. The first kappa shape index (κ1) is 21.1. The van der Waals surface area contributed by atoms with E-state index < -0.39 is 0 Å². The quantitative estimate of drug-likeness (QED) is 0.573. The number of rotatable bonds is 7. The van der Waals surface area contributed by atoms with Gasteiger partial charge in [-0.25, -0.2) is 4.98 Å². The first-order valence-corrected chi connectivity index (χ1v) is 11.0. The van der Waals surface area contributed by atoms with E-state index in [4.69, 9.17) is 11.6 Å². The van der Waals surface area contributed by atoms with Crippen LogP contribution in [0.2, 0.25) is 5.02 Å². The Hall–Kier alpha value is -3.12. The molecule has 0 aliphatic carbocycles. The lowest BCUT2D eigenvalue weighted by molar-refractivity contribution is -0.125. The summed E-state index contributed by atoms with van der Waals surface area (Å²) >= 11 is 6.23. The van der Waals surface area contributed by atoms with Crippen molar-refractivity contribution in [3.05, 3.63) is 77.4 Å². The van der Waals surface area contributed by atoms with E-state index in [2.05, 4.69) is 37.6 Å². The van der Waals surface area contributed by atoms with Crippen LogP contribution in [-0.2, 0) is 11.2 Å². The Morgan fingerprint density at radius 3 is 2.55 bits per heavy atom. The van der Waals surface area contributed by atoms with Gasteiger partial charge in [-0.15, -0.1) is 0 Å². The molecule has 1 aromatic heterocycles. The summed E-state index contributed by atoms with van der Waals surface area (Å²) in [4.78, 5) is 23.7. The Balaban J connectivity index is 1.27. The third-order valence-corrected chi connectivity index (χ3v) is 5.81. The minimum atomic E-state index is 0.0384. The summed E-state index contributed by atoms with van der Waals surface area (Å²) in [6.07, 6.45) is 4.18. The number of carbonyl (C=O) groups excluding carboxylic acids is 1. The van der Waals surface area contributed by atoms with E-state index in [9.17, 15) is 4.79 Å². The molecule has 0 saturated carbocycles. The van der Waals surface area contributed by atoms with Crippen molar-refractivity contribution in [2.45, 2.75) is 19.3 Å². The Morgan fingerprint density at radius 2 is 1.77 bits per heavy atom. The van der Waals surface area contributed by atoms with Gasteiger partial charge in [-0.2, -0.15) is 4.98 Å². The molecular weight excluding hydrogens is 410 g/mol. The van der Waals surface area contributed by atoms with Crippen molar-refractivity contribution in [2.75, 3.05) is 29.9 Å². The minimum Gasteiger partial charge on any atom is -0.356 e. The standard InChI is InChI=1S/C24H26ClN5O/c25-20-8-4-5-9-21(20)28-22-11-15-27-24(29-22)30-16-12-19(13-17-30)23(31)26-14-10-18-6-2-1-3-7-18/h1-9,11,15,19H,10,12-14,16-17H2,(H,26,31)(H,27,28,29). The Morgan fingerprint density at radius 1 is 1.03 bits per heavy atom. The van der Waals surface area contributed by atoms with E-state index in [0.717, 1.165) is 38.0 Å². The van der Waals surface area contributed by atoms with Gasteiger partial charge >= 0.3 is 0 Å². The van der Waals surface area contributed by atoms with Crippen molar-refractivity contribution in [1.82, 2.24) is 15.3 Å². The van der Waals surface area contributed by atoms with Crippen LogP contribution in [0, 0.1) is 5.92 Å². The molecule has 1 aliphatic rings. The number of para-hydroxylation sites is 1. The number of anilines is 3. The Kier molecular flexibility index (Phi) is 6.99. The molecule has 0 bridgehead atoms. The fourth-order valence-corrected chi connectivity index (χ4v) is 3.91. The predicted octanol–water partition coefficient (Wildman–Crippen LogP) is 4.45. The van der Waals surface area contributed by atoms with Gasteiger partial charge in [0, 0.05) is 31.7 Å². The molecule has 160 valence electrons. The highest BCUT2D eigenvalue weighted by Gasteiger charge is 2.26. The average Bonchev–Trinajstić information content (AvgIpc) is 2.81. The molecule has 7 heteroatoms. The SMILES string of the molecule is O=C(NCCc1ccccc1)C1CCN(c2nccc(Nc3ccccc3Cl)n2)CC1. The van der Waals surface area contributed by atoms with Gasteiger partial charge in [-0.1, -0.05) is 54.1 Å². The van der Waals surface area contributed by atoms with Crippen molar-refractivity contribution < 1.29 is 4.79 Å². The molecule has 2 N–H and O–H groups in total. The van der Waals surface area contributed by atoms with Crippen LogP contribution in [-0.4, -0.2) is 35.5 Å². The molecule has 31 heavy (non-hydrogen) atoms. The van der Waals surface area contributed by atoms with E-state index in [-0.39, 0.29) is 11.8 Å². The van der Waals surface area contributed by atoms with Gasteiger partial charge in [-0.05, 0) is 43.0 Å². The van der Waals surface area contributed by atoms with E-state index in [1.54, 1.807) is 6.20 Å². The number of piperidine rings is 1. The van der Waals surface area contributed by atoms with E-state index >= 15 is 0 Å². The number of aromatic nitrogens is 2. The zero-order chi connectivity index (χ0) is 21.5. The highest BCUT2D eigenvalue weighted by atomic mass is 35.5. The molecule has 1 amide bonds. The minimum absolute atomic E-state index is 0.0384. The van der Waals surface area contributed by atoms with Gasteiger partial charge < -0.3 is 15.5 Å². The number of hydrogen-bond donors (Lipinski definition) is 2. The summed E-state index contributed by atoms with van der Waals surface area (Å²) in [5.41, 5.74) is 2.04. The maximum atomic E-state index is 12.5. The van der Waals surface area contributed by atoms with Crippen LogP contribution in [0.25, 0.3) is 0 Å². The van der Waals surface area contributed by atoms with E-state index in [1.807, 2.05) is 48.5 Å². The molecule has 3 aromatic rings. The summed E-state index contributed by atoms with van der Waals surface area (Å²) in [6.45, 7) is 2.18. The number of benzene rings is 2. The number of amides is 1. The van der Waals surface area contributed by atoms with Crippen molar-refractivity contribution in [1.29, 1.82) is 0 Å². The van der Waals surface area contributed by atoms with Crippen LogP contribution in [0.3, 0.4) is 0 Å². The molecule has 0 atom stereocenters. The largest absolute Gasteiger partial charge is 0.356 e. The smallest absolute Gasteiger partial charge is 0.227 e. The van der Waals surface area contributed by atoms with Crippen LogP contribution in [0.15, 0.2) is 66.9 Å². The maximum Gasteiger partial charge on any atom is 0.227 e. The lowest BCUT2D eigenvalue weighted by Crippen LogP contribution is -2.41. The second-order valence-corrected chi connectivity index (χ2v) is 8.04. The second-order valence-electron chi connectivity index (χ2n) is 7.63. The number of nitrogens with one attached hydrogen (secondary N) is 2. The highest BCUT2D eigenvalue weighted by molar-refractivity contribution is 6.33. The number of halogens is 1. The number of nitrogens with zero attached hydrogens (tertiary/aromatic N) is 3. The van der Waals surface area contributed by atoms with Crippen LogP contribution < -0.4 is 15.5 Å². The summed E-state index contributed by atoms with van der Waals surface area (Å²) < 4.78 is 0. The van der Waals surface area contributed by atoms with Crippen molar-refractivity contribution in [2.24, 2.45) is 5.92 Å². The molecule has 0 radical (unpaired) electrons. The van der Waals surface area contributed by atoms with Gasteiger partial charge in [0.15, 0.2) is 0 Å². The summed E-state index contributed by atoms with van der Waals surface area (Å²) in [6, 6.07) is 19.6. The van der Waals surface area contributed by atoms with Crippen molar-refractivity contribution in [3.63, 3.8) is 0 Å². The summed E-state index contributed by atoms with van der Waals surface area (Å²) in [7, 11) is 0. The fraction of sp³-hybridized carbons (Fsp3) is 0.292. The zero-order valence-corrected chi connectivity index (χ0v) is 18.1. The molecule has 6 nitrogen and oxygen atoms in total. The molecule has 0 spiro atoms.